The third-order valence-corrected chi connectivity index (χ3v) is 7.41. The van der Waals surface area contributed by atoms with E-state index in [4.69, 9.17) is 4.74 Å². The number of amides is 1. The van der Waals surface area contributed by atoms with Crippen LogP contribution in [0.5, 0.6) is 0 Å². The summed E-state index contributed by atoms with van der Waals surface area (Å²) < 4.78 is 5.69. The normalized spacial score (nSPS) is 20.1. The van der Waals surface area contributed by atoms with Gasteiger partial charge < -0.3 is 9.64 Å². The first-order valence-electron chi connectivity index (χ1n) is 9.71. The van der Waals surface area contributed by atoms with Crippen molar-refractivity contribution in [2.45, 2.75) is 45.8 Å². The molecule has 1 fully saturated rings. The number of carbonyl (C=O) groups is 1. The van der Waals surface area contributed by atoms with Crippen molar-refractivity contribution >= 4 is 24.6 Å². The van der Waals surface area contributed by atoms with E-state index in [2.05, 4.69) is 67.6 Å². The fourth-order valence-electron chi connectivity index (χ4n) is 3.65. The lowest BCUT2D eigenvalue weighted by Crippen LogP contribution is -2.42. The van der Waals surface area contributed by atoms with Crippen LogP contribution < -0.4 is 10.6 Å². The maximum Gasteiger partial charge on any atom is 0.410 e. The molecule has 0 N–H and O–H groups in total. The van der Waals surface area contributed by atoms with E-state index in [1.807, 2.05) is 25.7 Å². The maximum atomic E-state index is 12.8. The second-order valence-corrected chi connectivity index (χ2v) is 10.7. The molecule has 27 heavy (non-hydrogen) atoms. The maximum absolute atomic E-state index is 12.8. The van der Waals surface area contributed by atoms with Gasteiger partial charge in [0.25, 0.3) is 0 Å². The van der Waals surface area contributed by atoms with E-state index < -0.39 is 13.5 Å². The molecule has 0 radical (unpaired) electrons. The zero-order valence-electron chi connectivity index (χ0n) is 16.8. The van der Waals surface area contributed by atoms with E-state index >= 15 is 0 Å². The zero-order valence-corrected chi connectivity index (χ0v) is 17.7. The summed E-state index contributed by atoms with van der Waals surface area (Å²) in [6.45, 7) is 8.80. The molecule has 0 spiro atoms. The molecule has 2 aromatic carbocycles. The van der Waals surface area contributed by atoms with Crippen LogP contribution in [-0.2, 0) is 4.74 Å². The van der Waals surface area contributed by atoms with Gasteiger partial charge in [0, 0.05) is 12.6 Å². The number of nitrogens with zero attached hydrogens (tertiary/aromatic N) is 1. The highest BCUT2D eigenvalue weighted by Crippen LogP contribution is 2.39. The van der Waals surface area contributed by atoms with Crippen molar-refractivity contribution in [3.63, 3.8) is 0 Å². The Kier molecular flexibility index (Phi) is 6.22. The number of ether oxygens (including phenoxy) is 1. The largest absolute Gasteiger partial charge is 0.444 e. The summed E-state index contributed by atoms with van der Waals surface area (Å²) in [5, 5.41) is 2.73. The fourth-order valence-corrected chi connectivity index (χ4v) is 6.21. The Morgan fingerprint density at radius 1 is 1.04 bits per heavy atom. The molecule has 1 aliphatic rings. The van der Waals surface area contributed by atoms with Gasteiger partial charge in [-0.1, -0.05) is 67.6 Å². The van der Waals surface area contributed by atoms with Gasteiger partial charge in [0.2, 0.25) is 0 Å². The molecule has 0 aliphatic carbocycles. The molecule has 4 heteroatoms. The summed E-state index contributed by atoms with van der Waals surface area (Å²) in [5.41, 5.74) is -0.461. The van der Waals surface area contributed by atoms with E-state index in [1.54, 1.807) is 0 Å². The Bertz CT molecular complexity index is 702. The Morgan fingerprint density at radius 3 is 2.04 bits per heavy atom. The van der Waals surface area contributed by atoms with Gasteiger partial charge in [-0.05, 0) is 57.8 Å². The molecular formula is C23H30NO2P. The average molecular weight is 383 g/mol. The van der Waals surface area contributed by atoms with Gasteiger partial charge in [0.05, 0.1) is 0 Å². The average Bonchev–Trinajstić information content (AvgIpc) is 3.00. The topological polar surface area (TPSA) is 29.5 Å². The minimum atomic E-state index is -0.515. The number of rotatable bonds is 4. The van der Waals surface area contributed by atoms with Crippen molar-refractivity contribution in [1.82, 2.24) is 4.90 Å². The van der Waals surface area contributed by atoms with Crippen molar-refractivity contribution in [2.24, 2.45) is 5.92 Å². The Balaban J connectivity index is 1.84. The summed E-state index contributed by atoms with van der Waals surface area (Å²) in [6.07, 6.45) is 1.85. The van der Waals surface area contributed by atoms with Crippen LogP contribution in [0.15, 0.2) is 60.7 Å². The van der Waals surface area contributed by atoms with E-state index in [0.29, 0.717) is 5.92 Å². The SMILES string of the molecule is C[C@H]1C[C@@H](CP(c2ccccc2)c2ccccc2)N(C(=O)OC(C)(C)C)C1. The van der Waals surface area contributed by atoms with Crippen molar-refractivity contribution in [1.29, 1.82) is 0 Å². The molecule has 1 heterocycles. The summed E-state index contributed by atoms with van der Waals surface area (Å²) in [6, 6.07) is 21.6. The lowest BCUT2D eigenvalue weighted by Gasteiger charge is -2.31. The number of hydrogen-bond donors (Lipinski definition) is 0. The van der Waals surface area contributed by atoms with Crippen LogP contribution in [0.25, 0.3) is 0 Å². The van der Waals surface area contributed by atoms with Crippen LogP contribution in [0.2, 0.25) is 0 Å². The minimum absolute atomic E-state index is 0.173. The predicted molar refractivity (Wildman–Crippen MR) is 114 cm³/mol. The molecule has 0 bridgehead atoms. The number of carbonyl (C=O) groups excluding carboxylic acids is 1. The third kappa shape index (κ3) is 5.32. The highest BCUT2D eigenvalue weighted by molar-refractivity contribution is 7.73. The summed E-state index contributed by atoms with van der Waals surface area (Å²) in [7, 11) is -0.515. The van der Waals surface area contributed by atoms with E-state index in [-0.39, 0.29) is 12.1 Å². The van der Waals surface area contributed by atoms with Crippen LogP contribution in [0, 0.1) is 5.92 Å². The fraction of sp³-hybridized carbons (Fsp3) is 0.435. The molecule has 2 aromatic rings. The molecule has 0 aromatic heterocycles. The second-order valence-electron chi connectivity index (χ2n) is 8.41. The van der Waals surface area contributed by atoms with Gasteiger partial charge >= 0.3 is 6.09 Å². The number of hydrogen-bond acceptors (Lipinski definition) is 2. The van der Waals surface area contributed by atoms with Crippen molar-refractivity contribution in [2.75, 3.05) is 12.7 Å². The van der Waals surface area contributed by atoms with E-state index in [9.17, 15) is 4.79 Å². The lowest BCUT2D eigenvalue weighted by atomic mass is 10.1. The zero-order chi connectivity index (χ0) is 19.4. The quantitative estimate of drug-likeness (QED) is 0.712. The third-order valence-electron chi connectivity index (χ3n) is 4.78. The van der Waals surface area contributed by atoms with Crippen LogP contribution in [0.4, 0.5) is 4.79 Å². The van der Waals surface area contributed by atoms with Gasteiger partial charge in [-0.2, -0.15) is 0 Å². The molecular weight excluding hydrogens is 353 g/mol. The molecule has 1 amide bonds. The van der Waals surface area contributed by atoms with Gasteiger partial charge in [0.15, 0.2) is 0 Å². The molecule has 1 saturated heterocycles. The van der Waals surface area contributed by atoms with Crippen LogP contribution >= 0.6 is 7.92 Å². The van der Waals surface area contributed by atoms with Crippen LogP contribution in [0.1, 0.15) is 34.1 Å². The predicted octanol–water partition coefficient (Wildman–Crippen LogP) is 4.76. The highest BCUT2D eigenvalue weighted by atomic mass is 31.1. The molecule has 2 atom stereocenters. The highest BCUT2D eigenvalue weighted by Gasteiger charge is 2.37. The smallest absolute Gasteiger partial charge is 0.410 e. The van der Waals surface area contributed by atoms with Gasteiger partial charge in [-0.25, -0.2) is 4.79 Å². The monoisotopic (exact) mass is 383 g/mol. The molecule has 0 unspecified atom stereocenters. The first-order valence-corrected chi connectivity index (χ1v) is 11.2. The molecule has 0 saturated carbocycles. The number of likely N-dealkylation sites (tertiary alicyclic amines) is 1. The number of benzene rings is 2. The van der Waals surface area contributed by atoms with Gasteiger partial charge in [-0.15, -0.1) is 0 Å². The van der Waals surface area contributed by atoms with Gasteiger partial charge in [0.1, 0.15) is 5.60 Å². The summed E-state index contributed by atoms with van der Waals surface area (Å²) in [5.74, 6) is 0.505. The Morgan fingerprint density at radius 2 is 1.56 bits per heavy atom. The van der Waals surface area contributed by atoms with Crippen LogP contribution in [-0.4, -0.2) is 35.3 Å². The van der Waals surface area contributed by atoms with Crippen molar-refractivity contribution in [3.8, 4) is 0 Å². The molecule has 1 aliphatic heterocycles. The summed E-state index contributed by atoms with van der Waals surface area (Å²) in [4.78, 5) is 14.8. The molecule has 144 valence electrons. The van der Waals surface area contributed by atoms with Crippen molar-refractivity contribution < 1.29 is 9.53 Å². The first kappa shape index (κ1) is 19.9. The Hall–Kier alpha value is -1.86. The summed E-state index contributed by atoms with van der Waals surface area (Å²) >= 11 is 0. The van der Waals surface area contributed by atoms with Gasteiger partial charge in [-0.3, -0.25) is 0 Å². The minimum Gasteiger partial charge on any atom is -0.444 e. The van der Waals surface area contributed by atoms with E-state index in [1.165, 1.54) is 10.6 Å². The second kappa shape index (κ2) is 8.44. The standard InChI is InChI=1S/C23H30NO2P/c1-18-15-19(24(16-18)22(25)26-23(2,3)4)17-27(20-11-7-5-8-12-20)21-13-9-6-10-14-21/h5-14,18-19H,15-17H2,1-4H3/t18-,19-/m0/s1. The van der Waals surface area contributed by atoms with E-state index in [0.717, 1.165) is 19.1 Å². The Labute approximate surface area is 164 Å². The first-order chi connectivity index (χ1) is 12.8. The molecule has 3 nitrogen and oxygen atoms in total. The van der Waals surface area contributed by atoms with Crippen molar-refractivity contribution in [3.05, 3.63) is 60.7 Å². The lowest BCUT2D eigenvalue weighted by molar-refractivity contribution is 0.0237. The molecule has 3 rings (SSSR count). The van der Waals surface area contributed by atoms with Crippen LogP contribution in [0.3, 0.4) is 0 Å².